The number of benzene rings is 2. The number of aromatic hydroxyl groups is 1. The fraction of sp³-hybridized carbons (Fsp3) is 0.176. The molecule has 2 rings (SSSR count). The Kier molecular flexibility index (Phi) is 6.39. The molecule has 7 heteroatoms. The van der Waals surface area contributed by atoms with Gasteiger partial charge in [-0.3, -0.25) is 5.43 Å². The molecule has 2 aromatic carbocycles. The minimum Gasteiger partial charge on any atom is -0.504 e. The van der Waals surface area contributed by atoms with Gasteiger partial charge in [0.05, 0.1) is 19.9 Å². The molecule has 6 nitrogen and oxygen atoms in total. The molecule has 0 heterocycles. The molecule has 0 aromatic heterocycles. The molecular formula is C17H19N3O3S. The minimum absolute atomic E-state index is 0.0946. The lowest BCUT2D eigenvalue weighted by atomic mass is 10.2. The lowest BCUT2D eigenvalue weighted by Crippen LogP contribution is -2.23. The number of methoxy groups -OCH3 is 1. The first-order valence-corrected chi connectivity index (χ1v) is 7.73. The highest BCUT2D eigenvalue weighted by Gasteiger charge is 2.02. The summed E-state index contributed by atoms with van der Waals surface area (Å²) in [6.07, 6.45) is 1.58. The molecule has 24 heavy (non-hydrogen) atoms. The number of hydrazone groups is 1. The number of rotatable bonds is 6. The van der Waals surface area contributed by atoms with Gasteiger partial charge in [-0.1, -0.05) is 6.07 Å². The van der Waals surface area contributed by atoms with E-state index in [2.05, 4.69) is 15.8 Å². The molecule has 0 spiro atoms. The van der Waals surface area contributed by atoms with E-state index in [-0.39, 0.29) is 5.75 Å². The smallest absolute Gasteiger partial charge is 0.191 e. The van der Waals surface area contributed by atoms with Crippen LogP contribution in [0.5, 0.6) is 17.2 Å². The van der Waals surface area contributed by atoms with Crippen LogP contribution < -0.4 is 20.2 Å². The summed E-state index contributed by atoms with van der Waals surface area (Å²) in [5, 5.41) is 17.1. The Hall–Kier alpha value is -2.80. The summed E-state index contributed by atoms with van der Waals surface area (Å²) in [5.74, 6) is 1.24. The summed E-state index contributed by atoms with van der Waals surface area (Å²) >= 11 is 5.18. The maximum absolute atomic E-state index is 9.66. The molecule has 0 unspecified atom stereocenters. The first-order chi connectivity index (χ1) is 11.6. The molecule has 0 radical (unpaired) electrons. The Morgan fingerprint density at radius 3 is 2.88 bits per heavy atom. The molecule has 0 aliphatic rings. The van der Waals surface area contributed by atoms with E-state index in [9.17, 15) is 5.11 Å². The average molecular weight is 345 g/mol. The molecule has 0 saturated heterocycles. The number of phenolic OH excluding ortho intramolecular Hbond substituents is 1. The Bertz CT molecular complexity index is 735. The predicted molar refractivity (Wildman–Crippen MR) is 99.2 cm³/mol. The monoisotopic (exact) mass is 345 g/mol. The summed E-state index contributed by atoms with van der Waals surface area (Å²) in [6.45, 7) is 2.32. The van der Waals surface area contributed by atoms with E-state index in [4.69, 9.17) is 21.7 Å². The van der Waals surface area contributed by atoms with E-state index in [1.807, 2.05) is 31.2 Å². The third-order valence-corrected chi connectivity index (χ3v) is 3.18. The highest BCUT2D eigenvalue weighted by molar-refractivity contribution is 7.80. The maximum Gasteiger partial charge on any atom is 0.191 e. The van der Waals surface area contributed by atoms with Gasteiger partial charge in [0, 0.05) is 11.8 Å². The summed E-state index contributed by atoms with van der Waals surface area (Å²) in [7, 11) is 1.61. The van der Waals surface area contributed by atoms with Crippen molar-refractivity contribution in [2.75, 3.05) is 19.0 Å². The SMILES string of the molecule is CCOc1cc(/C=N/NC(=S)Nc2cccc(OC)c2)ccc1O. The van der Waals surface area contributed by atoms with E-state index < -0.39 is 0 Å². The van der Waals surface area contributed by atoms with E-state index in [1.165, 1.54) is 0 Å². The second-order valence-electron chi connectivity index (χ2n) is 4.72. The molecule has 0 atom stereocenters. The van der Waals surface area contributed by atoms with Gasteiger partial charge in [0.15, 0.2) is 16.6 Å². The van der Waals surface area contributed by atoms with Gasteiger partial charge in [-0.2, -0.15) is 5.10 Å². The predicted octanol–water partition coefficient (Wildman–Crippen LogP) is 3.12. The zero-order chi connectivity index (χ0) is 17.4. The van der Waals surface area contributed by atoms with Crippen LogP contribution in [0.1, 0.15) is 12.5 Å². The number of phenols is 1. The van der Waals surface area contributed by atoms with Gasteiger partial charge in [-0.25, -0.2) is 0 Å². The van der Waals surface area contributed by atoms with Crippen LogP contribution in [0.25, 0.3) is 0 Å². The fourth-order valence-corrected chi connectivity index (χ4v) is 2.08. The highest BCUT2D eigenvalue weighted by atomic mass is 32.1. The summed E-state index contributed by atoms with van der Waals surface area (Å²) in [6, 6.07) is 12.4. The van der Waals surface area contributed by atoms with Crippen molar-refractivity contribution in [1.82, 2.24) is 5.43 Å². The molecule has 0 saturated carbocycles. The Labute approximate surface area is 146 Å². The molecule has 0 fully saturated rings. The van der Waals surface area contributed by atoms with E-state index in [1.54, 1.807) is 31.5 Å². The van der Waals surface area contributed by atoms with Gasteiger partial charge in [-0.05, 0) is 55.0 Å². The third-order valence-electron chi connectivity index (χ3n) is 2.99. The molecule has 3 N–H and O–H groups in total. The first kappa shape index (κ1) is 17.6. The van der Waals surface area contributed by atoms with Gasteiger partial charge in [0.1, 0.15) is 5.75 Å². The van der Waals surface area contributed by atoms with Gasteiger partial charge >= 0.3 is 0 Å². The van der Waals surface area contributed by atoms with Gasteiger partial charge in [0.25, 0.3) is 0 Å². The van der Waals surface area contributed by atoms with Crippen LogP contribution in [-0.2, 0) is 0 Å². The Balaban J connectivity index is 1.93. The second-order valence-corrected chi connectivity index (χ2v) is 5.12. The highest BCUT2D eigenvalue weighted by Crippen LogP contribution is 2.26. The zero-order valence-corrected chi connectivity index (χ0v) is 14.3. The van der Waals surface area contributed by atoms with Crippen LogP contribution in [0.4, 0.5) is 5.69 Å². The van der Waals surface area contributed by atoms with Crippen molar-refractivity contribution in [2.24, 2.45) is 5.10 Å². The first-order valence-electron chi connectivity index (χ1n) is 7.32. The summed E-state index contributed by atoms with van der Waals surface area (Å²) in [5.41, 5.74) is 4.30. The number of nitrogens with one attached hydrogen (secondary N) is 2. The Morgan fingerprint density at radius 1 is 1.29 bits per heavy atom. The van der Waals surface area contributed by atoms with E-state index >= 15 is 0 Å². The molecule has 0 aliphatic carbocycles. The molecule has 126 valence electrons. The number of thiocarbonyl (C=S) groups is 1. The molecule has 0 aliphatic heterocycles. The quantitative estimate of drug-likeness (QED) is 0.424. The number of hydrogen-bond donors (Lipinski definition) is 3. The van der Waals surface area contributed by atoms with Crippen LogP contribution in [0, 0.1) is 0 Å². The van der Waals surface area contributed by atoms with Crippen LogP contribution in [0.2, 0.25) is 0 Å². The van der Waals surface area contributed by atoms with Gasteiger partial charge < -0.3 is 19.9 Å². The molecule has 2 aromatic rings. The third kappa shape index (κ3) is 5.13. The second kappa shape index (κ2) is 8.73. The average Bonchev–Trinajstić information content (AvgIpc) is 2.58. The van der Waals surface area contributed by atoms with Gasteiger partial charge in [0.2, 0.25) is 0 Å². The van der Waals surface area contributed by atoms with E-state index in [0.717, 1.165) is 17.0 Å². The Morgan fingerprint density at radius 2 is 2.12 bits per heavy atom. The minimum atomic E-state index is 0.0946. The van der Waals surface area contributed by atoms with Crippen LogP contribution in [-0.4, -0.2) is 30.2 Å². The topological polar surface area (TPSA) is 75.1 Å². The number of ether oxygens (including phenoxy) is 2. The van der Waals surface area contributed by atoms with Crippen molar-refractivity contribution in [1.29, 1.82) is 0 Å². The van der Waals surface area contributed by atoms with Crippen molar-refractivity contribution < 1.29 is 14.6 Å². The number of nitrogens with zero attached hydrogens (tertiary/aromatic N) is 1. The standard InChI is InChI=1S/C17H19N3O3S/c1-3-23-16-9-12(7-8-15(16)21)11-18-20-17(24)19-13-5-4-6-14(10-13)22-2/h4-11,21H,3H2,1-2H3,(H2,19,20,24)/b18-11+. The van der Waals surface area contributed by atoms with Crippen molar-refractivity contribution in [3.63, 3.8) is 0 Å². The summed E-state index contributed by atoms with van der Waals surface area (Å²) < 4.78 is 10.5. The van der Waals surface area contributed by atoms with E-state index in [0.29, 0.717) is 17.5 Å². The lowest BCUT2D eigenvalue weighted by molar-refractivity contribution is 0.318. The largest absolute Gasteiger partial charge is 0.504 e. The van der Waals surface area contributed by atoms with Crippen molar-refractivity contribution in [3.8, 4) is 17.2 Å². The van der Waals surface area contributed by atoms with Crippen LogP contribution in [0.3, 0.4) is 0 Å². The fourth-order valence-electron chi connectivity index (χ4n) is 1.91. The van der Waals surface area contributed by atoms with Crippen molar-refractivity contribution in [2.45, 2.75) is 6.92 Å². The van der Waals surface area contributed by atoms with Crippen LogP contribution >= 0.6 is 12.2 Å². The van der Waals surface area contributed by atoms with Crippen molar-refractivity contribution >= 4 is 29.2 Å². The maximum atomic E-state index is 9.66. The molecule has 0 bridgehead atoms. The van der Waals surface area contributed by atoms with Crippen LogP contribution in [0.15, 0.2) is 47.6 Å². The lowest BCUT2D eigenvalue weighted by Gasteiger charge is -2.08. The normalized spacial score (nSPS) is 10.4. The summed E-state index contributed by atoms with van der Waals surface area (Å²) in [4.78, 5) is 0. The van der Waals surface area contributed by atoms with Crippen molar-refractivity contribution in [3.05, 3.63) is 48.0 Å². The van der Waals surface area contributed by atoms with Gasteiger partial charge in [-0.15, -0.1) is 0 Å². The zero-order valence-electron chi connectivity index (χ0n) is 13.4. The molecule has 0 amide bonds. The number of anilines is 1. The number of hydrogen-bond acceptors (Lipinski definition) is 5. The molecular weight excluding hydrogens is 326 g/mol.